The van der Waals surface area contributed by atoms with E-state index >= 15 is 0 Å². The van der Waals surface area contributed by atoms with Gasteiger partial charge in [0.15, 0.2) is 0 Å². The van der Waals surface area contributed by atoms with Crippen LogP contribution in [0.5, 0.6) is 0 Å². The third-order valence-electron chi connectivity index (χ3n) is 3.69. The molecule has 23 heavy (non-hydrogen) atoms. The first kappa shape index (κ1) is 15.1. The predicted octanol–water partition coefficient (Wildman–Crippen LogP) is 3.14. The summed E-state index contributed by atoms with van der Waals surface area (Å²) in [5.74, 6) is -1.59. The second-order valence-corrected chi connectivity index (χ2v) is 5.57. The molecule has 2 aromatic carbocycles. The van der Waals surface area contributed by atoms with Gasteiger partial charge < -0.3 is 15.4 Å². The molecule has 0 aliphatic heterocycles. The van der Waals surface area contributed by atoms with E-state index in [0.717, 1.165) is 5.56 Å². The summed E-state index contributed by atoms with van der Waals surface area (Å²) in [6, 6.07) is 11.9. The van der Waals surface area contributed by atoms with Crippen LogP contribution in [0.25, 0.3) is 10.9 Å². The second kappa shape index (κ2) is 5.78. The SMILES string of the molecule is NC(=O)c1cn(Cc2ccccc2Cl)c2cc(C(=O)O)ccc12. The van der Waals surface area contributed by atoms with Crippen molar-refractivity contribution < 1.29 is 14.7 Å². The molecule has 1 heterocycles. The van der Waals surface area contributed by atoms with Crippen LogP contribution in [0.3, 0.4) is 0 Å². The van der Waals surface area contributed by atoms with Crippen molar-refractivity contribution in [1.29, 1.82) is 0 Å². The van der Waals surface area contributed by atoms with Crippen LogP contribution in [0.15, 0.2) is 48.7 Å². The monoisotopic (exact) mass is 328 g/mol. The summed E-state index contributed by atoms with van der Waals surface area (Å²) in [5.41, 5.74) is 7.40. The highest BCUT2D eigenvalue weighted by atomic mass is 35.5. The van der Waals surface area contributed by atoms with Gasteiger partial charge in [0, 0.05) is 28.7 Å². The molecule has 1 amide bonds. The number of aromatic nitrogens is 1. The van der Waals surface area contributed by atoms with Gasteiger partial charge >= 0.3 is 5.97 Å². The summed E-state index contributed by atoms with van der Waals surface area (Å²) >= 11 is 6.18. The Morgan fingerprint density at radius 1 is 1.17 bits per heavy atom. The molecule has 0 radical (unpaired) electrons. The van der Waals surface area contributed by atoms with Crippen molar-refractivity contribution >= 4 is 34.4 Å². The van der Waals surface area contributed by atoms with E-state index < -0.39 is 11.9 Å². The van der Waals surface area contributed by atoms with Crippen molar-refractivity contribution in [3.8, 4) is 0 Å². The minimum absolute atomic E-state index is 0.145. The van der Waals surface area contributed by atoms with Crippen LogP contribution in [0.4, 0.5) is 0 Å². The minimum Gasteiger partial charge on any atom is -0.478 e. The van der Waals surface area contributed by atoms with Crippen LogP contribution in [0.1, 0.15) is 26.3 Å². The zero-order chi connectivity index (χ0) is 16.6. The summed E-state index contributed by atoms with van der Waals surface area (Å²) in [6.07, 6.45) is 1.63. The van der Waals surface area contributed by atoms with E-state index in [1.54, 1.807) is 22.9 Å². The molecule has 0 bridgehead atoms. The number of carbonyl (C=O) groups is 2. The smallest absolute Gasteiger partial charge is 0.335 e. The van der Waals surface area contributed by atoms with Crippen molar-refractivity contribution in [1.82, 2.24) is 4.57 Å². The number of benzene rings is 2. The molecule has 116 valence electrons. The molecule has 0 aliphatic carbocycles. The number of rotatable bonds is 4. The Kier molecular flexibility index (Phi) is 3.80. The highest BCUT2D eigenvalue weighted by Gasteiger charge is 2.15. The number of fused-ring (bicyclic) bond motifs is 1. The molecule has 0 unspecified atom stereocenters. The number of amides is 1. The standard InChI is InChI=1S/C17H13ClN2O3/c18-14-4-2-1-3-11(14)8-20-9-13(16(19)21)12-6-5-10(17(22)23)7-15(12)20/h1-7,9H,8H2,(H2,19,21)(H,22,23). The summed E-state index contributed by atoms with van der Waals surface area (Å²) in [4.78, 5) is 22.8. The average Bonchev–Trinajstić information content (AvgIpc) is 2.88. The Morgan fingerprint density at radius 2 is 1.91 bits per heavy atom. The van der Waals surface area contributed by atoms with E-state index in [2.05, 4.69) is 0 Å². The number of nitrogens with zero attached hydrogens (tertiary/aromatic N) is 1. The van der Waals surface area contributed by atoms with Gasteiger partial charge in [0.25, 0.3) is 5.91 Å². The maximum absolute atomic E-state index is 11.6. The number of nitrogens with two attached hydrogens (primary N) is 1. The lowest BCUT2D eigenvalue weighted by Gasteiger charge is -2.08. The Balaban J connectivity index is 2.18. The average molecular weight is 329 g/mol. The number of halogens is 1. The maximum atomic E-state index is 11.6. The van der Waals surface area contributed by atoms with Gasteiger partial charge in [-0.3, -0.25) is 4.79 Å². The summed E-state index contributed by atoms with van der Waals surface area (Å²) in [7, 11) is 0. The summed E-state index contributed by atoms with van der Waals surface area (Å²) in [5, 5.41) is 10.4. The van der Waals surface area contributed by atoms with Crippen molar-refractivity contribution in [3.05, 3.63) is 70.4 Å². The number of hydrogen-bond donors (Lipinski definition) is 2. The zero-order valence-electron chi connectivity index (χ0n) is 12.0. The van der Waals surface area contributed by atoms with Crippen LogP contribution >= 0.6 is 11.6 Å². The molecule has 0 saturated heterocycles. The fourth-order valence-electron chi connectivity index (χ4n) is 2.56. The second-order valence-electron chi connectivity index (χ2n) is 5.16. The molecule has 6 heteroatoms. The Morgan fingerprint density at radius 3 is 2.57 bits per heavy atom. The predicted molar refractivity (Wildman–Crippen MR) is 88.0 cm³/mol. The molecule has 0 atom stereocenters. The molecule has 1 aromatic heterocycles. The van der Waals surface area contributed by atoms with Crippen LogP contribution < -0.4 is 5.73 Å². The van der Waals surface area contributed by atoms with Crippen LogP contribution in [-0.4, -0.2) is 21.6 Å². The van der Waals surface area contributed by atoms with Gasteiger partial charge in [-0.25, -0.2) is 4.79 Å². The Bertz CT molecular complexity index is 931. The molecule has 0 aliphatic rings. The quantitative estimate of drug-likeness (QED) is 0.771. The fraction of sp³-hybridized carbons (Fsp3) is 0.0588. The highest BCUT2D eigenvalue weighted by molar-refractivity contribution is 6.31. The first-order valence-electron chi connectivity index (χ1n) is 6.87. The number of hydrogen-bond acceptors (Lipinski definition) is 2. The van der Waals surface area contributed by atoms with Crippen molar-refractivity contribution in [2.75, 3.05) is 0 Å². The molecular formula is C17H13ClN2O3. The normalized spacial score (nSPS) is 10.8. The lowest BCUT2D eigenvalue weighted by molar-refractivity contribution is 0.0697. The molecule has 0 fully saturated rings. The molecule has 5 nitrogen and oxygen atoms in total. The third-order valence-corrected chi connectivity index (χ3v) is 4.06. The number of carboxylic acid groups (broad SMARTS) is 1. The molecule has 0 saturated carbocycles. The third kappa shape index (κ3) is 2.78. The minimum atomic E-state index is -1.03. The van der Waals surface area contributed by atoms with Crippen LogP contribution in [-0.2, 0) is 6.54 Å². The fourth-order valence-corrected chi connectivity index (χ4v) is 2.76. The number of carbonyl (C=O) groups excluding carboxylic acids is 1. The lowest BCUT2D eigenvalue weighted by Crippen LogP contribution is -2.10. The number of carboxylic acids is 1. The van der Waals surface area contributed by atoms with Crippen molar-refractivity contribution in [2.45, 2.75) is 6.54 Å². The van der Waals surface area contributed by atoms with Gasteiger partial charge in [0.05, 0.1) is 11.1 Å². The zero-order valence-corrected chi connectivity index (χ0v) is 12.7. The first-order valence-corrected chi connectivity index (χ1v) is 7.24. The van der Waals surface area contributed by atoms with E-state index in [1.165, 1.54) is 12.1 Å². The van der Waals surface area contributed by atoms with Crippen molar-refractivity contribution in [3.63, 3.8) is 0 Å². The van der Waals surface area contributed by atoms with E-state index in [0.29, 0.717) is 28.0 Å². The largest absolute Gasteiger partial charge is 0.478 e. The van der Waals surface area contributed by atoms with Gasteiger partial charge in [-0.1, -0.05) is 35.9 Å². The molecule has 3 rings (SSSR count). The Labute approximate surface area is 136 Å². The number of primary amides is 1. The van der Waals surface area contributed by atoms with Crippen molar-refractivity contribution in [2.24, 2.45) is 5.73 Å². The van der Waals surface area contributed by atoms with Gasteiger partial charge in [-0.15, -0.1) is 0 Å². The summed E-state index contributed by atoms with van der Waals surface area (Å²) in [6.45, 7) is 0.409. The lowest BCUT2D eigenvalue weighted by atomic mass is 10.1. The molecule has 0 spiro atoms. The van der Waals surface area contributed by atoms with E-state index in [4.69, 9.17) is 22.4 Å². The van der Waals surface area contributed by atoms with Crippen LogP contribution in [0, 0.1) is 0 Å². The first-order chi connectivity index (χ1) is 11.0. The van der Waals surface area contributed by atoms with E-state index in [1.807, 2.05) is 18.2 Å². The van der Waals surface area contributed by atoms with Gasteiger partial charge in [-0.2, -0.15) is 0 Å². The number of aromatic carboxylic acids is 1. The van der Waals surface area contributed by atoms with Gasteiger partial charge in [-0.05, 0) is 23.8 Å². The van der Waals surface area contributed by atoms with E-state index in [9.17, 15) is 9.59 Å². The van der Waals surface area contributed by atoms with E-state index in [-0.39, 0.29) is 5.56 Å². The summed E-state index contributed by atoms with van der Waals surface area (Å²) < 4.78 is 1.78. The van der Waals surface area contributed by atoms with Gasteiger partial charge in [0.1, 0.15) is 0 Å². The highest BCUT2D eigenvalue weighted by Crippen LogP contribution is 2.25. The van der Waals surface area contributed by atoms with Crippen LogP contribution in [0.2, 0.25) is 5.02 Å². The Hall–Kier alpha value is -2.79. The van der Waals surface area contributed by atoms with Gasteiger partial charge in [0.2, 0.25) is 0 Å². The topological polar surface area (TPSA) is 85.3 Å². The molecular weight excluding hydrogens is 316 g/mol. The molecule has 3 N–H and O–H groups in total. The maximum Gasteiger partial charge on any atom is 0.335 e. The molecule has 3 aromatic rings.